The number of aliphatic hydroxyl groups is 1. The van der Waals surface area contributed by atoms with Gasteiger partial charge in [0.05, 0.1) is 13.2 Å². The van der Waals surface area contributed by atoms with E-state index in [0.717, 1.165) is 22.8 Å². The van der Waals surface area contributed by atoms with Crippen LogP contribution in [0, 0.1) is 11.8 Å². The summed E-state index contributed by atoms with van der Waals surface area (Å²) in [4.78, 5) is 15.3. The SMILES string of the molecule is COc1ccccc1O[C@@H]1C[C@@H]2CN(C(=O)c3cccc4ccccc34)C[C@@H]2C[C@H]1O. The summed E-state index contributed by atoms with van der Waals surface area (Å²) in [7, 11) is 1.61. The number of carbonyl (C=O) groups is 1. The molecule has 1 amide bonds. The zero-order valence-corrected chi connectivity index (χ0v) is 17.6. The van der Waals surface area contributed by atoms with Crippen molar-refractivity contribution >= 4 is 16.7 Å². The first kappa shape index (κ1) is 19.9. The summed E-state index contributed by atoms with van der Waals surface area (Å²) in [6.07, 6.45) is 0.511. The van der Waals surface area contributed by atoms with Gasteiger partial charge in [-0.2, -0.15) is 0 Å². The Balaban J connectivity index is 1.32. The Hall–Kier alpha value is -3.05. The van der Waals surface area contributed by atoms with Crippen LogP contribution in [0.5, 0.6) is 11.5 Å². The molecule has 1 N–H and O–H groups in total. The molecule has 2 aliphatic rings. The van der Waals surface area contributed by atoms with Crippen LogP contribution in [0.25, 0.3) is 10.8 Å². The number of methoxy groups -OCH3 is 1. The fourth-order valence-electron chi connectivity index (χ4n) is 5.14. The first-order chi connectivity index (χ1) is 15.1. The first-order valence-corrected chi connectivity index (χ1v) is 10.9. The molecule has 0 spiro atoms. The van der Waals surface area contributed by atoms with Crippen LogP contribution in [0.1, 0.15) is 23.2 Å². The number of amides is 1. The maximum absolute atomic E-state index is 13.4. The van der Waals surface area contributed by atoms with Crippen LogP contribution in [0.3, 0.4) is 0 Å². The number of fused-ring (bicyclic) bond motifs is 2. The average Bonchev–Trinajstić information content (AvgIpc) is 3.21. The smallest absolute Gasteiger partial charge is 0.254 e. The molecule has 3 aromatic rings. The molecule has 3 aromatic carbocycles. The second-order valence-corrected chi connectivity index (χ2v) is 8.60. The quantitative estimate of drug-likeness (QED) is 0.693. The summed E-state index contributed by atoms with van der Waals surface area (Å²) in [5.74, 6) is 2.00. The number of carbonyl (C=O) groups excluding carboxylic acids is 1. The molecule has 1 saturated carbocycles. The van der Waals surface area contributed by atoms with Gasteiger partial charge in [-0.1, -0.05) is 48.5 Å². The lowest BCUT2D eigenvalue weighted by Crippen LogP contribution is -2.42. The molecular formula is C26H27NO4. The van der Waals surface area contributed by atoms with E-state index in [1.807, 2.05) is 71.6 Å². The van der Waals surface area contributed by atoms with Crippen LogP contribution in [-0.2, 0) is 0 Å². The molecule has 0 radical (unpaired) electrons. The summed E-state index contributed by atoms with van der Waals surface area (Å²) in [5.41, 5.74) is 0.749. The number of hydrogen-bond acceptors (Lipinski definition) is 4. The molecule has 31 heavy (non-hydrogen) atoms. The van der Waals surface area contributed by atoms with Crippen molar-refractivity contribution in [2.75, 3.05) is 20.2 Å². The van der Waals surface area contributed by atoms with E-state index in [0.29, 0.717) is 42.8 Å². The minimum atomic E-state index is -0.557. The maximum Gasteiger partial charge on any atom is 0.254 e. The number of hydrogen-bond donors (Lipinski definition) is 1. The van der Waals surface area contributed by atoms with E-state index >= 15 is 0 Å². The molecule has 1 saturated heterocycles. The summed E-state index contributed by atoms with van der Waals surface area (Å²) in [5, 5.41) is 12.8. The van der Waals surface area contributed by atoms with Gasteiger partial charge < -0.3 is 19.5 Å². The Kier molecular flexibility index (Phi) is 5.28. The summed E-state index contributed by atoms with van der Waals surface area (Å²) >= 11 is 0. The highest BCUT2D eigenvalue weighted by Crippen LogP contribution is 2.40. The van der Waals surface area contributed by atoms with E-state index in [9.17, 15) is 9.90 Å². The van der Waals surface area contributed by atoms with Gasteiger partial charge in [0.15, 0.2) is 11.5 Å². The molecule has 0 bridgehead atoms. The largest absolute Gasteiger partial charge is 0.493 e. The number of likely N-dealkylation sites (tertiary alicyclic amines) is 1. The van der Waals surface area contributed by atoms with Gasteiger partial charge in [0.1, 0.15) is 6.10 Å². The number of para-hydroxylation sites is 2. The third-order valence-electron chi connectivity index (χ3n) is 6.74. The Morgan fingerprint density at radius 1 is 0.903 bits per heavy atom. The normalized spacial score (nSPS) is 25.3. The average molecular weight is 418 g/mol. The fourth-order valence-corrected chi connectivity index (χ4v) is 5.14. The minimum absolute atomic E-state index is 0.0721. The predicted molar refractivity (Wildman–Crippen MR) is 119 cm³/mol. The highest BCUT2D eigenvalue weighted by Gasteiger charge is 2.44. The molecule has 1 aliphatic carbocycles. The minimum Gasteiger partial charge on any atom is -0.493 e. The van der Waals surface area contributed by atoms with E-state index in [-0.39, 0.29) is 12.0 Å². The third kappa shape index (κ3) is 3.74. The molecule has 2 fully saturated rings. The van der Waals surface area contributed by atoms with Gasteiger partial charge in [-0.05, 0) is 53.6 Å². The monoisotopic (exact) mass is 417 g/mol. The summed E-state index contributed by atoms with van der Waals surface area (Å²) in [6, 6.07) is 21.4. The topological polar surface area (TPSA) is 59.0 Å². The van der Waals surface area contributed by atoms with E-state index < -0.39 is 6.10 Å². The Bertz CT molecular complexity index is 1090. The van der Waals surface area contributed by atoms with Crippen LogP contribution >= 0.6 is 0 Å². The second-order valence-electron chi connectivity index (χ2n) is 8.60. The van der Waals surface area contributed by atoms with Crippen LogP contribution in [0.4, 0.5) is 0 Å². The third-order valence-corrected chi connectivity index (χ3v) is 6.74. The van der Waals surface area contributed by atoms with Crippen LogP contribution in [-0.4, -0.2) is 48.3 Å². The van der Waals surface area contributed by atoms with E-state index in [1.54, 1.807) is 7.11 Å². The Labute approximate surface area is 182 Å². The molecule has 5 rings (SSSR count). The number of nitrogens with zero attached hydrogens (tertiary/aromatic N) is 1. The van der Waals surface area contributed by atoms with Crippen molar-refractivity contribution < 1.29 is 19.4 Å². The molecule has 1 aliphatic heterocycles. The van der Waals surface area contributed by atoms with E-state index in [4.69, 9.17) is 9.47 Å². The Morgan fingerprint density at radius 2 is 1.58 bits per heavy atom. The maximum atomic E-state index is 13.4. The molecule has 160 valence electrons. The van der Waals surface area contributed by atoms with Crippen molar-refractivity contribution in [3.8, 4) is 11.5 Å². The van der Waals surface area contributed by atoms with Crippen molar-refractivity contribution in [2.24, 2.45) is 11.8 Å². The fraction of sp³-hybridized carbons (Fsp3) is 0.346. The van der Waals surface area contributed by atoms with Crippen LogP contribution in [0.15, 0.2) is 66.7 Å². The van der Waals surface area contributed by atoms with Crippen molar-refractivity contribution in [1.82, 2.24) is 4.90 Å². The van der Waals surface area contributed by atoms with Gasteiger partial charge in [0.25, 0.3) is 5.91 Å². The number of ether oxygens (including phenoxy) is 2. The molecular weight excluding hydrogens is 390 g/mol. The van der Waals surface area contributed by atoms with Gasteiger partial charge in [0, 0.05) is 18.7 Å². The highest BCUT2D eigenvalue weighted by atomic mass is 16.5. The van der Waals surface area contributed by atoms with Gasteiger partial charge >= 0.3 is 0 Å². The highest BCUT2D eigenvalue weighted by molar-refractivity contribution is 6.07. The van der Waals surface area contributed by atoms with Crippen molar-refractivity contribution in [3.63, 3.8) is 0 Å². The summed E-state index contributed by atoms with van der Waals surface area (Å²) < 4.78 is 11.5. The van der Waals surface area contributed by atoms with Crippen LogP contribution < -0.4 is 9.47 Å². The lowest BCUT2D eigenvalue weighted by molar-refractivity contribution is -0.0240. The van der Waals surface area contributed by atoms with E-state index in [1.165, 1.54) is 0 Å². The predicted octanol–water partition coefficient (Wildman–Crippen LogP) is 4.14. The van der Waals surface area contributed by atoms with Gasteiger partial charge in [-0.15, -0.1) is 0 Å². The van der Waals surface area contributed by atoms with Crippen molar-refractivity contribution in [2.45, 2.75) is 25.0 Å². The molecule has 0 aromatic heterocycles. The van der Waals surface area contributed by atoms with Gasteiger partial charge in [-0.3, -0.25) is 4.79 Å². The lowest BCUT2D eigenvalue weighted by Gasteiger charge is -2.35. The molecule has 5 nitrogen and oxygen atoms in total. The Morgan fingerprint density at radius 3 is 2.39 bits per heavy atom. The zero-order chi connectivity index (χ0) is 21.4. The molecule has 4 atom stereocenters. The van der Waals surface area contributed by atoms with Crippen molar-refractivity contribution in [1.29, 1.82) is 0 Å². The number of rotatable bonds is 4. The molecule has 5 heteroatoms. The zero-order valence-electron chi connectivity index (χ0n) is 17.6. The standard InChI is InChI=1S/C26H27NO4/c1-30-23-11-4-5-12-24(23)31-25-14-19-16-27(15-18(19)13-22(25)28)26(29)21-10-6-8-17-7-2-3-9-20(17)21/h2-12,18-19,22,25,28H,13-16H2,1H3/t18-,19+,22+,25+/m0/s1. The van der Waals surface area contributed by atoms with Crippen LogP contribution in [0.2, 0.25) is 0 Å². The number of aliphatic hydroxyl groups excluding tert-OH is 1. The molecule has 0 unspecified atom stereocenters. The first-order valence-electron chi connectivity index (χ1n) is 10.9. The van der Waals surface area contributed by atoms with E-state index in [2.05, 4.69) is 0 Å². The summed E-state index contributed by atoms with van der Waals surface area (Å²) in [6.45, 7) is 1.39. The second kappa shape index (κ2) is 8.23. The number of benzene rings is 3. The van der Waals surface area contributed by atoms with Crippen molar-refractivity contribution in [3.05, 3.63) is 72.3 Å². The lowest BCUT2D eigenvalue weighted by atomic mass is 9.78. The van der Waals surface area contributed by atoms with Gasteiger partial charge in [-0.25, -0.2) is 0 Å². The molecule has 1 heterocycles. The van der Waals surface area contributed by atoms with Gasteiger partial charge in [0.2, 0.25) is 0 Å².